The van der Waals surface area contributed by atoms with E-state index in [1.165, 1.54) is 282 Å². The molecular weight excluding hydrogens is 1720 g/mol. The number of fused-ring (bicyclic) bond motifs is 36. The van der Waals surface area contributed by atoms with Gasteiger partial charge in [-0.25, -0.2) is 0 Å². The summed E-state index contributed by atoms with van der Waals surface area (Å²) in [6.45, 7) is 70.5. The van der Waals surface area contributed by atoms with Crippen LogP contribution in [0.15, 0.2) is 0 Å². The summed E-state index contributed by atoms with van der Waals surface area (Å²) in [6, 6.07) is 0. The van der Waals surface area contributed by atoms with Crippen molar-refractivity contribution in [1.29, 1.82) is 0 Å². The zero-order chi connectivity index (χ0) is 98.7. The van der Waals surface area contributed by atoms with E-state index in [0.717, 1.165) is 281 Å². The maximum Gasteiger partial charge on any atom is -0.00933 e. The van der Waals surface area contributed by atoms with Crippen LogP contribution in [0.1, 0.15) is 506 Å². The van der Waals surface area contributed by atoms with Crippen molar-refractivity contribution in [2.75, 3.05) is 0 Å². The highest BCUT2D eigenvalue weighted by atomic mass is 15.3. The van der Waals surface area contributed by atoms with Gasteiger partial charge in [-0.1, -0.05) is 416 Å². The van der Waals surface area contributed by atoms with E-state index < -0.39 is 0 Å². The van der Waals surface area contributed by atoms with Crippen LogP contribution in [-0.4, -0.2) is 0 Å². The molecule has 0 radical (unpaired) electrons. The van der Waals surface area contributed by atoms with Gasteiger partial charge in [0.15, 0.2) is 0 Å². The van der Waals surface area contributed by atoms with E-state index in [4.69, 9.17) is 0 Å². The van der Waals surface area contributed by atoms with Crippen molar-refractivity contribution in [1.82, 2.24) is 0 Å². The summed E-state index contributed by atoms with van der Waals surface area (Å²) in [6.07, 6.45) is 83.5. The largest absolute Gasteiger partial charge is 0.0654 e. The van der Waals surface area contributed by atoms with E-state index in [1.807, 2.05) is 0 Å². The van der Waals surface area contributed by atoms with Gasteiger partial charge in [0.05, 0.1) is 0 Å². The van der Waals surface area contributed by atoms with Crippen LogP contribution in [-0.2, 0) is 0 Å². The second kappa shape index (κ2) is 37.9. The van der Waals surface area contributed by atoms with Crippen molar-refractivity contribution >= 4 is 0 Å². The predicted octanol–water partition coefficient (Wildman–Crippen LogP) is 40.1. The summed E-state index contributed by atoms with van der Waals surface area (Å²) >= 11 is 0. The fourth-order valence-corrected chi connectivity index (χ4v) is 58.7. The van der Waals surface area contributed by atoms with Crippen molar-refractivity contribution in [2.24, 2.45) is 387 Å². The average molecular weight is 1960 g/mol. The van der Waals surface area contributed by atoms with Crippen LogP contribution in [0.5, 0.6) is 0 Å². The zero-order valence-corrected chi connectivity index (χ0v) is 98.7. The summed E-state index contributed by atoms with van der Waals surface area (Å²) in [4.78, 5) is 0. The minimum atomic E-state index is 0.257. The molecule has 0 saturated heterocycles. The van der Waals surface area contributed by atoms with Crippen LogP contribution in [0.2, 0.25) is 0 Å². The standard InChI is InChI=1S/C143H236/c1-24-25-26-41-60-103-75-112-90(14)87(11)94(18)119-110-68-52-66-107(112)97(21)108-65-47-37-31-35-42-57-100-62-51-67-109-114(76-106-77-115-126-131-135-132-128-122-121(108)123-127(122)139(128)129(123)133-136-134-130-125(100)138(106,115)140(126,130)142(131,134)143(135,136)141(132,133)139)118(93(17)86(10)85(9)84(8)83(7)73-104-61-43-34-29-27-32-39-53-79(3)101-59-49-48-56-99(104)71-70-78(2)82(6)72-101)111(69-50-55-81(5)116(119)120(109)110)124-95(19)88(12)92(16)117(96(103)20)113-74-102-58-44-38-46-64-105(137(124,23)98(22)89(13)91(113)15)63-45-36-30-28-33-40-54-80(102)4/h78-136H,24-77H2,1-23H3. The Morgan fingerprint density at radius 1 is 0.238 bits per heavy atom. The molecule has 28 fully saturated rings. The molecule has 28 rings (SSSR count). The lowest BCUT2D eigenvalue weighted by molar-refractivity contribution is -0.866. The highest BCUT2D eigenvalue weighted by molar-refractivity contribution is 5.76. The fourth-order valence-electron chi connectivity index (χ4n) is 58.7. The first-order chi connectivity index (χ1) is 69.1. The van der Waals surface area contributed by atoms with Gasteiger partial charge in [-0.2, -0.15) is 0 Å². The molecule has 66 unspecified atom stereocenters. The van der Waals surface area contributed by atoms with Crippen LogP contribution in [0, 0.1) is 387 Å². The maximum atomic E-state index is 3.36. The first kappa shape index (κ1) is 102. The second-order valence-corrected chi connectivity index (χ2v) is 66.0. The van der Waals surface area contributed by atoms with Gasteiger partial charge < -0.3 is 0 Å². The summed E-state index contributed by atoms with van der Waals surface area (Å²) in [5.74, 6) is 55.0. The summed E-state index contributed by atoms with van der Waals surface area (Å²) in [7, 11) is 0. The molecule has 0 heterocycles. The number of rotatable bonds is 12. The Bertz CT molecular complexity index is 4420. The average Bonchev–Trinajstić information content (AvgIpc) is 0.498. The third-order valence-electron chi connectivity index (χ3n) is 64.8. The Morgan fingerprint density at radius 3 is 1.41 bits per heavy atom. The Hall–Kier alpha value is 0. The molecule has 66 atom stereocenters. The first-order valence-electron chi connectivity index (χ1n) is 69.1. The monoisotopic (exact) mass is 1950 g/mol. The minimum Gasteiger partial charge on any atom is -0.0654 e. The molecule has 28 aliphatic rings. The lowest BCUT2D eigenvalue weighted by Crippen LogP contribution is -3.30. The Morgan fingerprint density at radius 2 is 0.741 bits per heavy atom. The Labute approximate surface area is 886 Å². The molecular formula is C143H236. The Kier molecular flexibility index (Phi) is 27.1. The van der Waals surface area contributed by atoms with Gasteiger partial charge in [-0.3, -0.25) is 0 Å². The molecule has 28 saturated carbocycles. The highest BCUT2D eigenvalue weighted by Crippen LogP contribution is 3.33. The van der Waals surface area contributed by atoms with Gasteiger partial charge in [-0.15, -0.1) is 0 Å². The SMILES string of the molecule is CCCCCCC1CC2C(C)C(C)C(C)C3C4CCCC2C(C)C2CCCCCCCC5CCCC6C(CC7CC8C9C%10C%11C%12C%13C%14C2C2C%14C%13%14C2C2C%13C%15C%16C5C78C9%16C%10%15C%11%13C%122%14)C(C(C)C(C)C(C)C(C)C(C)CC2CCCCCCCCC(C)C5CCCCC2CCC(C)C(C)C5)C(CCCC(C)C3C64)C2C(C)C(C)C(C)C(C1C)C1CC3CCCCCC(CCCCCCCCC3C)C2(C)C(C)C(C)C1C. The van der Waals surface area contributed by atoms with Crippen LogP contribution in [0.25, 0.3) is 0 Å². The van der Waals surface area contributed by atoms with Crippen LogP contribution < -0.4 is 0 Å². The van der Waals surface area contributed by atoms with Gasteiger partial charge in [0, 0.05) is 0 Å². The van der Waals surface area contributed by atoms with Crippen molar-refractivity contribution in [2.45, 2.75) is 506 Å². The van der Waals surface area contributed by atoms with E-state index in [2.05, 4.69) is 159 Å². The molecule has 0 aliphatic heterocycles. The maximum absolute atomic E-state index is 3.36. The van der Waals surface area contributed by atoms with Gasteiger partial charge >= 0.3 is 0 Å². The van der Waals surface area contributed by atoms with Crippen molar-refractivity contribution < 1.29 is 0 Å². The van der Waals surface area contributed by atoms with E-state index >= 15 is 0 Å². The van der Waals surface area contributed by atoms with Crippen LogP contribution >= 0.6 is 0 Å². The third kappa shape index (κ3) is 13.0. The van der Waals surface area contributed by atoms with Gasteiger partial charge in [-0.05, 0) is 477 Å². The van der Waals surface area contributed by atoms with Gasteiger partial charge in [0.1, 0.15) is 0 Å². The van der Waals surface area contributed by atoms with Crippen molar-refractivity contribution in [3.63, 3.8) is 0 Å². The van der Waals surface area contributed by atoms with Crippen LogP contribution in [0.4, 0.5) is 0 Å². The van der Waals surface area contributed by atoms with Crippen molar-refractivity contribution in [3.8, 4) is 0 Å². The first-order valence-corrected chi connectivity index (χ1v) is 69.1. The quantitative estimate of drug-likeness (QED) is 0.171. The smallest absolute Gasteiger partial charge is 0.00933 e. The molecule has 6 spiro atoms. The van der Waals surface area contributed by atoms with Gasteiger partial charge in [0.2, 0.25) is 0 Å². The van der Waals surface area contributed by atoms with E-state index in [0.29, 0.717) is 23.7 Å². The molecule has 18 bridgehead atoms. The zero-order valence-electron chi connectivity index (χ0n) is 98.7. The number of unbranched alkanes of at least 4 members (excludes halogenated alkanes) is 3. The second-order valence-electron chi connectivity index (χ2n) is 66.0. The van der Waals surface area contributed by atoms with Gasteiger partial charge in [0.25, 0.3) is 0 Å². The molecule has 0 heteroatoms. The lowest BCUT2D eigenvalue weighted by Gasteiger charge is -3.32. The predicted molar refractivity (Wildman–Crippen MR) is 603 cm³/mol. The number of hydrogen-bond donors (Lipinski definition) is 0. The van der Waals surface area contributed by atoms with E-state index in [-0.39, 0.29) is 5.41 Å². The fraction of sp³-hybridized carbons (Fsp3) is 1.00. The Balaban J connectivity index is 0.691. The lowest BCUT2D eigenvalue weighted by atomic mass is 8.71. The summed E-state index contributed by atoms with van der Waals surface area (Å²) in [5, 5.41) is 0. The number of hydrogen-bond acceptors (Lipinski definition) is 0. The molecule has 0 aromatic carbocycles. The summed E-state index contributed by atoms with van der Waals surface area (Å²) in [5.41, 5.74) is 5.38. The van der Waals surface area contributed by atoms with E-state index in [1.54, 1.807) is 141 Å². The highest BCUT2D eigenvalue weighted by Gasteiger charge is 3.30. The minimum absolute atomic E-state index is 0.257. The van der Waals surface area contributed by atoms with Crippen molar-refractivity contribution in [3.05, 3.63) is 0 Å². The van der Waals surface area contributed by atoms with Crippen LogP contribution in [0.3, 0.4) is 0 Å². The molecule has 0 nitrogen and oxygen atoms in total. The molecule has 0 amide bonds. The topological polar surface area (TPSA) is 0 Å². The molecule has 0 aromatic heterocycles. The van der Waals surface area contributed by atoms with E-state index in [9.17, 15) is 0 Å². The normalized spacial score (nSPS) is 61.1. The summed E-state index contributed by atoms with van der Waals surface area (Å²) < 4.78 is 0. The molecule has 28 aliphatic carbocycles. The molecule has 0 N–H and O–H groups in total. The molecule has 808 valence electrons. The third-order valence-corrected chi connectivity index (χ3v) is 64.8. The molecule has 143 heavy (non-hydrogen) atoms. The molecule has 0 aromatic rings.